The summed E-state index contributed by atoms with van der Waals surface area (Å²) in [5.74, 6) is -0.906. The van der Waals surface area contributed by atoms with Gasteiger partial charge < -0.3 is 10.1 Å². The van der Waals surface area contributed by atoms with E-state index in [9.17, 15) is 13.2 Å². The summed E-state index contributed by atoms with van der Waals surface area (Å²) < 4.78 is 46.9. The van der Waals surface area contributed by atoms with Gasteiger partial charge >= 0.3 is 0 Å². The predicted molar refractivity (Wildman–Crippen MR) is 152 cm³/mol. The van der Waals surface area contributed by atoms with Crippen LogP contribution in [0.2, 0.25) is 0 Å². The highest BCUT2D eigenvalue weighted by Crippen LogP contribution is 2.34. The molecule has 1 aliphatic rings. The second kappa shape index (κ2) is 13.7. The van der Waals surface area contributed by atoms with E-state index in [-0.39, 0.29) is 42.6 Å². The van der Waals surface area contributed by atoms with Crippen LogP contribution in [0.3, 0.4) is 0 Å². The van der Waals surface area contributed by atoms with Crippen LogP contribution in [0.15, 0.2) is 84.9 Å². The van der Waals surface area contributed by atoms with Crippen molar-refractivity contribution < 1.29 is 17.9 Å². The van der Waals surface area contributed by atoms with Gasteiger partial charge in [0.05, 0.1) is 6.04 Å². The third kappa shape index (κ3) is 7.13. The summed E-state index contributed by atoms with van der Waals surface area (Å²) in [7, 11) is 0. The van der Waals surface area contributed by atoms with E-state index in [1.165, 1.54) is 24.3 Å². The number of likely N-dealkylation sites (tertiary alicyclic amines) is 1. The van der Waals surface area contributed by atoms with Crippen LogP contribution in [0.5, 0.6) is 5.75 Å². The molecule has 38 heavy (non-hydrogen) atoms. The highest BCUT2D eigenvalue weighted by atomic mass is 35.5. The van der Waals surface area contributed by atoms with Crippen LogP contribution in [0.4, 0.5) is 18.9 Å². The highest BCUT2D eigenvalue weighted by Gasteiger charge is 2.28. The summed E-state index contributed by atoms with van der Waals surface area (Å²) in [6.07, 6.45) is 1.85. The number of fused-ring (bicyclic) bond motifs is 1. The standard InChI is InChI=1S/C30H29F3N2O.2ClH/c31-24-10-8-22(9-11-24)30(34-25-12-13-27(32)28(33)20-25)23-14-16-35(17-15-23)18-19-36-29-7-3-5-21-4-1-2-6-26(21)29;;/h1-13,20,23,30,34H,14-19H2;2*1H. The summed E-state index contributed by atoms with van der Waals surface area (Å²) in [6, 6.07) is 24.4. The molecule has 202 valence electrons. The molecule has 0 amide bonds. The maximum absolute atomic E-state index is 13.8. The molecule has 1 fully saturated rings. The Morgan fingerprint density at radius 1 is 0.816 bits per heavy atom. The zero-order chi connectivity index (χ0) is 24.9. The maximum Gasteiger partial charge on any atom is 0.160 e. The molecular formula is C30H31Cl2F3N2O. The van der Waals surface area contributed by atoms with Crippen LogP contribution in [0.1, 0.15) is 24.4 Å². The van der Waals surface area contributed by atoms with Crippen molar-refractivity contribution in [3.63, 3.8) is 0 Å². The lowest BCUT2D eigenvalue weighted by molar-refractivity contribution is 0.148. The summed E-state index contributed by atoms with van der Waals surface area (Å²) in [5, 5.41) is 5.65. The number of piperidine rings is 1. The maximum atomic E-state index is 13.8. The SMILES string of the molecule is Cl.Cl.Fc1ccc(C(Nc2ccc(F)c(F)c2)C2CCN(CCOc3cccc4ccccc34)CC2)cc1. The Balaban J connectivity index is 0.00000200. The second-order valence-electron chi connectivity index (χ2n) is 9.31. The van der Waals surface area contributed by atoms with Gasteiger partial charge in [0.15, 0.2) is 11.6 Å². The lowest BCUT2D eigenvalue weighted by Crippen LogP contribution is -2.39. The number of benzene rings is 4. The van der Waals surface area contributed by atoms with Gasteiger partial charge in [-0.15, -0.1) is 24.8 Å². The first-order valence-electron chi connectivity index (χ1n) is 12.4. The van der Waals surface area contributed by atoms with Gasteiger partial charge in [-0.1, -0.05) is 48.5 Å². The van der Waals surface area contributed by atoms with E-state index in [1.807, 2.05) is 24.3 Å². The van der Waals surface area contributed by atoms with Gasteiger partial charge in [-0.25, -0.2) is 13.2 Å². The van der Waals surface area contributed by atoms with E-state index < -0.39 is 11.6 Å². The van der Waals surface area contributed by atoms with Gasteiger partial charge in [0.2, 0.25) is 0 Å². The quantitative estimate of drug-likeness (QED) is 0.235. The van der Waals surface area contributed by atoms with Crippen LogP contribution in [0.25, 0.3) is 10.8 Å². The minimum absolute atomic E-state index is 0. The Morgan fingerprint density at radius 2 is 1.53 bits per heavy atom. The zero-order valence-corrected chi connectivity index (χ0v) is 22.4. The number of hydrogen-bond acceptors (Lipinski definition) is 3. The number of ether oxygens (including phenoxy) is 1. The number of nitrogens with one attached hydrogen (secondary N) is 1. The third-order valence-electron chi connectivity index (χ3n) is 6.99. The van der Waals surface area contributed by atoms with Crippen LogP contribution in [-0.2, 0) is 0 Å². The molecule has 0 saturated carbocycles. The van der Waals surface area contributed by atoms with Crippen LogP contribution < -0.4 is 10.1 Å². The van der Waals surface area contributed by atoms with E-state index in [0.717, 1.165) is 60.6 Å². The van der Waals surface area contributed by atoms with Gasteiger partial charge in [0.25, 0.3) is 0 Å². The Kier molecular flexibility index (Phi) is 10.7. The number of hydrogen-bond donors (Lipinski definition) is 1. The van der Waals surface area contributed by atoms with Crippen LogP contribution >= 0.6 is 24.8 Å². The predicted octanol–water partition coefficient (Wildman–Crippen LogP) is 8.04. The van der Waals surface area contributed by atoms with Crippen LogP contribution in [0, 0.1) is 23.4 Å². The van der Waals surface area contributed by atoms with Crippen molar-refractivity contribution in [2.24, 2.45) is 5.92 Å². The van der Waals surface area contributed by atoms with E-state index >= 15 is 0 Å². The van der Waals surface area contributed by atoms with Crippen molar-refractivity contribution in [1.82, 2.24) is 4.90 Å². The van der Waals surface area contributed by atoms with Crippen molar-refractivity contribution in [3.8, 4) is 5.75 Å². The van der Waals surface area contributed by atoms with Gasteiger partial charge in [0, 0.05) is 23.7 Å². The molecule has 1 unspecified atom stereocenters. The summed E-state index contributed by atoms with van der Waals surface area (Å²) in [6.45, 7) is 3.24. The molecule has 1 heterocycles. The molecular weight excluding hydrogens is 532 g/mol. The molecule has 3 nitrogen and oxygen atoms in total. The summed E-state index contributed by atoms with van der Waals surface area (Å²) in [4.78, 5) is 2.39. The smallest absolute Gasteiger partial charge is 0.160 e. The molecule has 1 N–H and O–H groups in total. The normalized spacial score (nSPS) is 14.8. The van der Waals surface area contributed by atoms with Gasteiger partial charge in [-0.3, -0.25) is 4.90 Å². The number of nitrogens with zero attached hydrogens (tertiary/aromatic N) is 1. The molecule has 1 atom stereocenters. The van der Waals surface area contributed by atoms with Gasteiger partial charge in [-0.05, 0) is 73.1 Å². The summed E-state index contributed by atoms with van der Waals surface area (Å²) >= 11 is 0. The average molecular weight is 563 g/mol. The van der Waals surface area contributed by atoms with E-state index in [2.05, 4.69) is 28.4 Å². The average Bonchev–Trinajstić information content (AvgIpc) is 2.90. The molecule has 5 rings (SSSR count). The van der Waals surface area contributed by atoms with Gasteiger partial charge in [0.1, 0.15) is 18.2 Å². The Morgan fingerprint density at radius 3 is 2.26 bits per heavy atom. The number of halogens is 5. The fraction of sp³-hybridized carbons (Fsp3) is 0.267. The first-order valence-corrected chi connectivity index (χ1v) is 12.4. The molecule has 0 radical (unpaired) electrons. The first kappa shape index (κ1) is 29.6. The molecule has 4 aromatic rings. The monoisotopic (exact) mass is 562 g/mol. The highest BCUT2D eigenvalue weighted by molar-refractivity contribution is 5.88. The second-order valence-corrected chi connectivity index (χ2v) is 9.31. The number of anilines is 1. The molecule has 0 spiro atoms. The Bertz CT molecular complexity index is 1310. The molecule has 0 aromatic heterocycles. The van der Waals surface area contributed by atoms with Crippen molar-refractivity contribution in [1.29, 1.82) is 0 Å². The third-order valence-corrected chi connectivity index (χ3v) is 6.99. The molecule has 1 aliphatic heterocycles. The molecule has 4 aromatic carbocycles. The fourth-order valence-electron chi connectivity index (χ4n) is 5.03. The minimum Gasteiger partial charge on any atom is -0.492 e. The largest absolute Gasteiger partial charge is 0.492 e. The molecule has 0 bridgehead atoms. The Labute approximate surface area is 233 Å². The van der Waals surface area contributed by atoms with Gasteiger partial charge in [-0.2, -0.15) is 0 Å². The topological polar surface area (TPSA) is 24.5 Å². The van der Waals surface area contributed by atoms with Crippen molar-refractivity contribution >= 4 is 41.3 Å². The Hall–Kier alpha value is -2.93. The minimum atomic E-state index is -0.890. The zero-order valence-electron chi connectivity index (χ0n) is 20.8. The van der Waals surface area contributed by atoms with Crippen molar-refractivity contribution in [2.75, 3.05) is 31.6 Å². The molecule has 1 saturated heterocycles. The fourth-order valence-corrected chi connectivity index (χ4v) is 5.03. The lowest BCUT2D eigenvalue weighted by Gasteiger charge is -2.37. The summed E-state index contributed by atoms with van der Waals surface area (Å²) in [5.41, 5.74) is 1.44. The van der Waals surface area contributed by atoms with E-state index in [1.54, 1.807) is 12.1 Å². The molecule has 8 heteroatoms. The molecule has 0 aliphatic carbocycles. The number of rotatable bonds is 8. The van der Waals surface area contributed by atoms with E-state index in [0.29, 0.717) is 12.3 Å². The van der Waals surface area contributed by atoms with Crippen molar-refractivity contribution in [2.45, 2.75) is 18.9 Å². The lowest BCUT2D eigenvalue weighted by atomic mass is 9.85. The van der Waals surface area contributed by atoms with Crippen LogP contribution in [-0.4, -0.2) is 31.1 Å². The van der Waals surface area contributed by atoms with E-state index in [4.69, 9.17) is 4.74 Å². The van der Waals surface area contributed by atoms with Crippen molar-refractivity contribution in [3.05, 3.63) is 108 Å². The first-order chi connectivity index (χ1) is 17.6.